The SMILES string of the molecule is O=C(N/N=C\c1ccncc1)c1ccc(CS(=O)(=O)c2ccccc2)o1. The van der Waals surface area contributed by atoms with E-state index in [1.54, 1.807) is 42.7 Å². The van der Waals surface area contributed by atoms with Gasteiger partial charge >= 0.3 is 5.91 Å². The zero-order chi connectivity index (χ0) is 18.4. The molecule has 0 atom stereocenters. The minimum atomic E-state index is -3.54. The summed E-state index contributed by atoms with van der Waals surface area (Å²) >= 11 is 0. The lowest BCUT2D eigenvalue weighted by Gasteiger charge is -2.02. The average molecular weight is 369 g/mol. The van der Waals surface area contributed by atoms with Crippen LogP contribution in [0.3, 0.4) is 0 Å². The van der Waals surface area contributed by atoms with Gasteiger partial charge in [-0.25, -0.2) is 13.8 Å². The number of carbonyl (C=O) groups is 1. The predicted octanol–water partition coefficient (Wildman–Crippen LogP) is 2.41. The van der Waals surface area contributed by atoms with Crippen molar-refractivity contribution >= 4 is 22.0 Å². The van der Waals surface area contributed by atoms with Gasteiger partial charge in [-0.15, -0.1) is 0 Å². The van der Waals surface area contributed by atoms with Crippen molar-refractivity contribution in [2.75, 3.05) is 0 Å². The van der Waals surface area contributed by atoms with Crippen molar-refractivity contribution in [2.45, 2.75) is 10.6 Å². The Labute approximate surface area is 150 Å². The van der Waals surface area contributed by atoms with E-state index >= 15 is 0 Å². The molecule has 0 saturated heterocycles. The minimum absolute atomic E-state index is 0.0184. The Bertz CT molecular complexity index is 1010. The maximum atomic E-state index is 12.3. The van der Waals surface area contributed by atoms with Crippen LogP contribution in [0.25, 0.3) is 0 Å². The highest BCUT2D eigenvalue weighted by atomic mass is 32.2. The van der Waals surface area contributed by atoms with Crippen molar-refractivity contribution in [2.24, 2.45) is 5.10 Å². The maximum Gasteiger partial charge on any atom is 0.307 e. The predicted molar refractivity (Wildman–Crippen MR) is 95.3 cm³/mol. The number of aromatic nitrogens is 1. The largest absolute Gasteiger partial charge is 0.455 e. The summed E-state index contributed by atoms with van der Waals surface area (Å²) in [7, 11) is -3.54. The van der Waals surface area contributed by atoms with Crippen molar-refractivity contribution in [3.8, 4) is 0 Å². The van der Waals surface area contributed by atoms with E-state index in [9.17, 15) is 13.2 Å². The Kier molecular flexibility index (Phi) is 5.23. The number of sulfone groups is 1. The van der Waals surface area contributed by atoms with Gasteiger partial charge in [0.15, 0.2) is 15.6 Å². The van der Waals surface area contributed by atoms with Gasteiger partial charge in [0.05, 0.1) is 11.1 Å². The van der Waals surface area contributed by atoms with Crippen LogP contribution in [0.4, 0.5) is 0 Å². The summed E-state index contributed by atoms with van der Waals surface area (Å²) in [6.07, 6.45) is 4.67. The van der Waals surface area contributed by atoms with Crippen LogP contribution < -0.4 is 5.43 Å². The van der Waals surface area contributed by atoms with E-state index in [1.165, 1.54) is 30.5 Å². The van der Waals surface area contributed by atoms with Crippen LogP contribution in [0, 0.1) is 0 Å². The number of benzene rings is 1. The number of nitrogens with zero attached hydrogens (tertiary/aromatic N) is 2. The highest BCUT2D eigenvalue weighted by molar-refractivity contribution is 7.90. The molecule has 0 aliphatic rings. The number of furan rings is 1. The Morgan fingerprint density at radius 1 is 1.08 bits per heavy atom. The molecule has 0 unspecified atom stereocenters. The second-order valence-corrected chi connectivity index (χ2v) is 7.31. The third kappa shape index (κ3) is 4.42. The van der Waals surface area contributed by atoms with Crippen LogP contribution in [-0.2, 0) is 15.6 Å². The molecular formula is C18H15N3O4S. The average Bonchev–Trinajstić information content (AvgIpc) is 3.11. The number of nitrogens with one attached hydrogen (secondary N) is 1. The fourth-order valence-electron chi connectivity index (χ4n) is 2.15. The zero-order valence-corrected chi connectivity index (χ0v) is 14.4. The second kappa shape index (κ2) is 7.75. The topological polar surface area (TPSA) is 102 Å². The van der Waals surface area contributed by atoms with Crippen molar-refractivity contribution in [3.05, 3.63) is 84.1 Å². The molecule has 0 aliphatic carbocycles. The van der Waals surface area contributed by atoms with Crippen molar-refractivity contribution in [1.29, 1.82) is 0 Å². The summed E-state index contributed by atoms with van der Waals surface area (Å²) in [4.78, 5) is 16.1. The van der Waals surface area contributed by atoms with E-state index in [2.05, 4.69) is 15.5 Å². The van der Waals surface area contributed by atoms with Gasteiger partial charge < -0.3 is 4.42 Å². The van der Waals surface area contributed by atoms with Gasteiger partial charge in [-0.2, -0.15) is 5.10 Å². The molecule has 1 amide bonds. The van der Waals surface area contributed by atoms with Crippen LogP contribution >= 0.6 is 0 Å². The number of hydrazone groups is 1. The van der Waals surface area contributed by atoms with Gasteiger partial charge in [0.25, 0.3) is 0 Å². The minimum Gasteiger partial charge on any atom is -0.455 e. The van der Waals surface area contributed by atoms with Crippen LogP contribution in [0.2, 0.25) is 0 Å². The van der Waals surface area contributed by atoms with Crippen molar-refractivity contribution < 1.29 is 17.6 Å². The molecule has 1 N–H and O–H groups in total. The Morgan fingerprint density at radius 3 is 2.54 bits per heavy atom. The maximum absolute atomic E-state index is 12.3. The Balaban J connectivity index is 1.64. The molecule has 3 rings (SSSR count). The summed E-state index contributed by atoms with van der Waals surface area (Å²) in [5.41, 5.74) is 3.09. The highest BCUT2D eigenvalue weighted by Gasteiger charge is 2.19. The number of rotatable bonds is 6. The summed E-state index contributed by atoms with van der Waals surface area (Å²) < 4.78 is 30.0. The Morgan fingerprint density at radius 2 is 1.81 bits per heavy atom. The van der Waals surface area contributed by atoms with E-state index in [1.807, 2.05) is 0 Å². The van der Waals surface area contributed by atoms with E-state index in [0.29, 0.717) is 0 Å². The lowest BCUT2D eigenvalue weighted by Crippen LogP contribution is -2.16. The molecule has 0 radical (unpaired) electrons. The van der Waals surface area contributed by atoms with Crippen LogP contribution in [0.15, 0.2) is 81.4 Å². The molecule has 26 heavy (non-hydrogen) atoms. The van der Waals surface area contributed by atoms with Crippen molar-refractivity contribution in [3.63, 3.8) is 0 Å². The summed E-state index contributed by atoms with van der Waals surface area (Å²) in [6, 6.07) is 14.4. The lowest BCUT2D eigenvalue weighted by atomic mass is 10.3. The van der Waals surface area contributed by atoms with Gasteiger partial charge in [-0.1, -0.05) is 18.2 Å². The summed E-state index contributed by atoms with van der Waals surface area (Å²) in [5.74, 6) is -0.740. The first kappa shape index (κ1) is 17.6. The Hall–Kier alpha value is -3.26. The van der Waals surface area contributed by atoms with Gasteiger partial charge in [-0.05, 0) is 42.0 Å². The quantitative estimate of drug-likeness (QED) is 0.531. The summed E-state index contributed by atoms with van der Waals surface area (Å²) in [5, 5.41) is 3.82. The third-order valence-corrected chi connectivity index (χ3v) is 5.06. The number of amides is 1. The van der Waals surface area contributed by atoms with Crippen LogP contribution in [0.5, 0.6) is 0 Å². The normalized spacial score (nSPS) is 11.5. The molecule has 0 saturated carbocycles. The molecule has 3 aromatic rings. The number of hydrogen-bond donors (Lipinski definition) is 1. The molecule has 0 bridgehead atoms. The molecule has 2 aromatic heterocycles. The van der Waals surface area contributed by atoms with Crippen LogP contribution in [0.1, 0.15) is 21.9 Å². The molecular weight excluding hydrogens is 354 g/mol. The van der Waals surface area contributed by atoms with E-state index in [-0.39, 0.29) is 22.2 Å². The first-order chi connectivity index (χ1) is 12.5. The van der Waals surface area contributed by atoms with Crippen LogP contribution in [-0.4, -0.2) is 25.5 Å². The van der Waals surface area contributed by atoms with Gasteiger partial charge in [0.1, 0.15) is 11.5 Å². The van der Waals surface area contributed by atoms with E-state index in [4.69, 9.17) is 4.42 Å². The molecule has 1 aromatic carbocycles. The second-order valence-electron chi connectivity index (χ2n) is 5.32. The molecule has 0 aliphatic heterocycles. The smallest absolute Gasteiger partial charge is 0.307 e. The fraction of sp³-hybridized carbons (Fsp3) is 0.0556. The number of pyridine rings is 1. The molecule has 132 valence electrons. The van der Waals surface area contributed by atoms with Crippen molar-refractivity contribution in [1.82, 2.24) is 10.4 Å². The fourth-order valence-corrected chi connectivity index (χ4v) is 3.41. The standard InChI is InChI=1S/C18H15N3O4S/c22-18(21-20-12-14-8-10-19-11-9-14)17-7-6-15(25-17)13-26(23,24)16-4-2-1-3-5-16/h1-12H,13H2,(H,21,22)/b20-12-. The molecule has 2 heterocycles. The number of carbonyl (C=O) groups excluding carboxylic acids is 1. The molecule has 8 heteroatoms. The lowest BCUT2D eigenvalue weighted by molar-refractivity contribution is 0.0926. The van der Waals surface area contributed by atoms with E-state index < -0.39 is 15.7 Å². The monoisotopic (exact) mass is 369 g/mol. The third-order valence-electron chi connectivity index (χ3n) is 3.41. The molecule has 0 fully saturated rings. The van der Waals surface area contributed by atoms with E-state index in [0.717, 1.165) is 5.56 Å². The first-order valence-corrected chi connectivity index (χ1v) is 9.30. The summed E-state index contributed by atoms with van der Waals surface area (Å²) in [6.45, 7) is 0. The van der Waals surface area contributed by atoms with Gasteiger partial charge in [-0.3, -0.25) is 9.78 Å². The number of hydrogen-bond acceptors (Lipinski definition) is 6. The molecule has 0 spiro atoms. The first-order valence-electron chi connectivity index (χ1n) is 7.64. The highest BCUT2D eigenvalue weighted by Crippen LogP contribution is 2.18. The molecule has 7 nitrogen and oxygen atoms in total. The zero-order valence-electron chi connectivity index (χ0n) is 13.6. The van der Waals surface area contributed by atoms with Gasteiger partial charge in [0.2, 0.25) is 0 Å². The van der Waals surface area contributed by atoms with Gasteiger partial charge in [0, 0.05) is 12.4 Å².